The summed E-state index contributed by atoms with van der Waals surface area (Å²) in [4.78, 5) is 9.00. The minimum Gasteiger partial charge on any atom is -0.317 e. The van der Waals surface area contributed by atoms with E-state index in [1.807, 2.05) is 12.4 Å². The molecule has 3 rings (SSSR count). The van der Waals surface area contributed by atoms with E-state index in [2.05, 4.69) is 39.5 Å². The zero-order chi connectivity index (χ0) is 11.9. The molecule has 0 spiro atoms. The summed E-state index contributed by atoms with van der Waals surface area (Å²) < 4.78 is 1.59. The van der Waals surface area contributed by atoms with Crippen molar-refractivity contribution in [2.75, 3.05) is 20.1 Å². The van der Waals surface area contributed by atoms with Gasteiger partial charge < -0.3 is 5.32 Å². The minimum absolute atomic E-state index is 0.566. The molecular formula is C12H16BrN4+. The molecule has 17 heavy (non-hydrogen) atoms. The Morgan fingerprint density at radius 3 is 2.94 bits per heavy atom. The molecule has 4 nitrogen and oxygen atoms in total. The first-order valence-electron chi connectivity index (χ1n) is 5.99. The molecule has 5 heteroatoms. The van der Waals surface area contributed by atoms with Crippen LogP contribution in [0.2, 0.25) is 0 Å². The van der Waals surface area contributed by atoms with Crippen LogP contribution in [-0.4, -0.2) is 35.6 Å². The molecule has 0 saturated carbocycles. The lowest BCUT2D eigenvalue weighted by Gasteiger charge is -2.27. The first-order chi connectivity index (χ1) is 8.22. The van der Waals surface area contributed by atoms with Crippen molar-refractivity contribution >= 4 is 26.9 Å². The Kier molecular flexibility index (Phi) is 2.77. The average molecular weight is 296 g/mol. The van der Waals surface area contributed by atoms with Crippen LogP contribution in [0.5, 0.6) is 0 Å². The van der Waals surface area contributed by atoms with Crippen LogP contribution < -0.4 is 5.32 Å². The van der Waals surface area contributed by atoms with Gasteiger partial charge >= 0.3 is 0 Å². The molecule has 3 aliphatic heterocycles. The van der Waals surface area contributed by atoms with E-state index in [1.54, 1.807) is 0 Å². The van der Waals surface area contributed by atoms with Gasteiger partial charge in [-0.3, -0.25) is 4.99 Å². The number of rotatable bonds is 1. The van der Waals surface area contributed by atoms with Crippen LogP contribution in [0.3, 0.4) is 0 Å². The zero-order valence-corrected chi connectivity index (χ0v) is 11.4. The van der Waals surface area contributed by atoms with Gasteiger partial charge in [0.2, 0.25) is 0 Å². The van der Waals surface area contributed by atoms with Crippen LogP contribution in [0.4, 0.5) is 0 Å². The van der Waals surface area contributed by atoms with E-state index in [1.165, 1.54) is 24.2 Å². The molecule has 0 amide bonds. The maximum Gasteiger partial charge on any atom is 0.281 e. The Hall–Kier alpha value is -0.780. The highest BCUT2D eigenvalue weighted by molar-refractivity contribution is 9.18. The van der Waals surface area contributed by atoms with Gasteiger partial charge in [-0.2, -0.15) is 4.99 Å². The van der Waals surface area contributed by atoms with Gasteiger partial charge in [0.05, 0.1) is 19.5 Å². The van der Waals surface area contributed by atoms with Crippen molar-refractivity contribution < 1.29 is 4.48 Å². The number of aliphatic imine (C=N–C) groups is 2. The average Bonchev–Trinajstić information content (AvgIpc) is 2.63. The molecule has 1 unspecified atom stereocenters. The third-order valence-corrected chi connectivity index (χ3v) is 4.65. The molecule has 1 saturated heterocycles. The van der Waals surface area contributed by atoms with Gasteiger partial charge in [0.1, 0.15) is 11.9 Å². The summed E-state index contributed by atoms with van der Waals surface area (Å²) in [7, 11) is 2.14. The molecular weight excluding hydrogens is 280 g/mol. The number of nitrogens with zero attached hydrogens (tertiary/aromatic N) is 3. The molecule has 0 aliphatic carbocycles. The van der Waals surface area contributed by atoms with Gasteiger partial charge in [-0.25, -0.2) is 4.48 Å². The Morgan fingerprint density at radius 1 is 1.41 bits per heavy atom. The molecule has 3 aliphatic rings. The molecule has 1 N–H and O–H groups in total. The summed E-state index contributed by atoms with van der Waals surface area (Å²) >= 11 is 3.60. The minimum atomic E-state index is 0.566. The van der Waals surface area contributed by atoms with Gasteiger partial charge in [-0.05, 0) is 25.9 Å². The monoisotopic (exact) mass is 295 g/mol. The van der Waals surface area contributed by atoms with Gasteiger partial charge in [0.25, 0.3) is 4.74 Å². The van der Waals surface area contributed by atoms with Gasteiger partial charge in [-0.1, -0.05) is 0 Å². The Labute approximate surface area is 110 Å². The number of fused-ring (bicyclic) bond motifs is 1. The van der Waals surface area contributed by atoms with Crippen LogP contribution in [-0.2, 0) is 0 Å². The zero-order valence-electron chi connectivity index (χ0n) is 9.86. The number of halogens is 1. The lowest BCUT2D eigenvalue weighted by atomic mass is 9.93. The van der Waals surface area contributed by atoms with E-state index < -0.39 is 0 Å². The standard InChI is InChI=1S/C12H16BrN4/c1-17-7-6-15-8-10(17)11(16-12(17)13)9-2-4-14-5-3-9/h6-9,14H,2-5H2,1H3/q+1. The highest BCUT2D eigenvalue weighted by Gasteiger charge is 2.42. The molecule has 0 bridgehead atoms. The fourth-order valence-corrected chi connectivity index (χ4v) is 3.11. The number of quaternary nitrogens is 1. The number of amidine groups is 1. The first-order valence-corrected chi connectivity index (χ1v) is 6.78. The van der Waals surface area contributed by atoms with Gasteiger partial charge in [0, 0.05) is 21.8 Å². The normalized spacial score (nSPS) is 32.9. The number of piperidine rings is 1. The quantitative estimate of drug-likeness (QED) is 0.583. The lowest BCUT2D eigenvalue weighted by molar-refractivity contribution is -0.709. The van der Waals surface area contributed by atoms with Crippen LogP contribution in [0.25, 0.3) is 0 Å². The summed E-state index contributed by atoms with van der Waals surface area (Å²) in [6.07, 6.45) is 8.19. The van der Waals surface area contributed by atoms with Crippen LogP contribution >= 0.6 is 15.9 Å². The van der Waals surface area contributed by atoms with Gasteiger partial charge in [0.15, 0.2) is 5.70 Å². The summed E-state index contributed by atoms with van der Waals surface area (Å²) in [5.41, 5.74) is 2.43. The number of hydrogen-bond donors (Lipinski definition) is 1. The predicted molar refractivity (Wildman–Crippen MR) is 72.8 cm³/mol. The second kappa shape index (κ2) is 4.15. The van der Waals surface area contributed by atoms with Crippen molar-refractivity contribution in [1.29, 1.82) is 0 Å². The van der Waals surface area contributed by atoms with Crippen molar-refractivity contribution in [2.24, 2.45) is 15.9 Å². The predicted octanol–water partition coefficient (Wildman–Crippen LogP) is 1.96. The van der Waals surface area contributed by atoms with Crippen LogP contribution in [0.1, 0.15) is 12.8 Å². The van der Waals surface area contributed by atoms with Gasteiger partial charge in [-0.15, -0.1) is 0 Å². The van der Waals surface area contributed by atoms with E-state index in [4.69, 9.17) is 4.99 Å². The highest BCUT2D eigenvalue weighted by atomic mass is 79.9. The Bertz CT molecular complexity index is 457. The molecule has 1 atom stereocenters. The summed E-state index contributed by atoms with van der Waals surface area (Å²) in [6, 6.07) is 0. The number of hydrogen-bond acceptors (Lipinski definition) is 3. The molecule has 0 aromatic heterocycles. The van der Waals surface area contributed by atoms with Crippen molar-refractivity contribution in [3.63, 3.8) is 0 Å². The van der Waals surface area contributed by atoms with E-state index in [-0.39, 0.29) is 0 Å². The van der Waals surface area contributed by atoms with Crippen molar-refractivity contribution in [1.82, 2.24) is 5.32 Å². The van der Waals surface area contributed by atoms with Crippen molar-refractivity contribution in [3.05, 3.63) is 23.8 Å². The van der Waals surface area contributed by atoms with E-state index >= 15 is 0 Å². The van der Waals surface area contributed by atoms with E-state index in [9.17, 15) is 0 Å². The highest BCUT2D eigenvalue weighted by Crippen LogP contribution is 2.37. The summed E-state index contributed by atoms with van der Waals surface area (Å²) in [6.45, 7) is 2.18. The fourth-order valence-electron chi connectivity index (χ4n) is 2.61. The van der Waals surface area contributed by atoms with E-state index in [0.29, 0.717) is 10.4 Å². The Morgan fingerprint density at radius 2 is 2.18 bits per heavy atom. The first kappa shape index (κ1) is 11.3. The maximum absolute atomic E-state index is 4.74. The Balaban J connectivity index is 2.00. The largest absolute Gasteiger partial charge is 0.317 e. The third-order valence-electron chi connectivity index (χ3n) is 3.73. The maximum atomic E-state index is 4.74. The van der Waals surface area contributed by atoms with Crippen LogP contribution in [0, 0.1) is 5.92 Å². The molecule has 3 heterocycles. The molecule has 1 fully saturated rings. The molecule has 90 valence electrons. The summed E-state index contributed by atoms with van der Waals surface area (Å²) in [5, 5.41) is 3.40. The SMILES string of the molecule is C[N+]12C=CN=CC1=C(C1CCNCC1)N=C2Br. The van der Waals surface area contributed by atoms with Crippen molar-refractivity contribution in [2.45, 2.75) is 12.8 Å². The lowest BCUT2D eigenvalue weighted by Crippen LogP contribution is -2.40. The topological polar surface area (TPSA) is 36.8 Å². The third kappa shape index (κ3) is 1.73. The fraction of sp³-hybridized carbons (Fsp3) is 0.500. The smallest absolute Gasteiger partial charge is 0.281 e. The molecule has 0 radical (unpaired) electrons. The molecule has 0 aromatic carbocycles. The van der Waals surface area contributed by atoms with E-state index in [0.717, 1.165) is 17.8 Å². The van der Waals surface area contributed by atoms with Crippen molar-refractivity contribution in [3.8, 4) is 0 Å². The second-order valence-corrected chi connectivity index (χ2v) is 5.54. The second-order valence-electron chi connectivity index (χ2n) is 4.83. The summed E-state index contributed by atoms with van der Waals surface area (Å²) in [5.74, 6) is 0.566. The van der Waals surface area contributed by atoms with Crippen LogP contribution in [0.15, 0.2) is 33.8 Å². The molecule has 0 aromatic rings. The number of allylic oxidation sites excluding steroid dienone is 2. The number of nitrogens with one attached hydrogen (secondary N) is 1.